The smallest absolute Gasteiger partial charge is 0 e. The van der Waals surface area contributed by atoms with Gasteiger partial charge in [-0.15, -0.1) is 0 Å². The minimum Gasteiger partial charge on any atom is -0.0622 e. The van der Waals surface area contributed by atoms with Crippen LogP contribution >= 0.6 is 15.8 Å². The molecule has 4 aromatic rings. The number of benzene rings is 4. The summed E-state index contributed by atoms with van der Waals surface area (Å²) in [6.07, 6.45) is 11.3. The molecule has 0 aromatic heterocycles. The second-order valence-corrected chi connectivity index (χ2v) is 15.0. The molecular weight excluding hydrogens is 690 g/mol. The van der Waals surface area contributed by atoms with Crippen LogP contribution in [0.1, 0.15) is 51.4 Å². The summed E-state index contributed by atoms with van der Waals surface area (Å²) in [4.78, 5) is 0. The van der Waals surface area contributed by atoms with Gasteiger partial charge in [0.1, 0.15) is 0 Å². The molecule has 4 aromatic carbocycles. The van der Waals surface area contributed by atoms with E-state index in [-0.39, 0.29) is 50.3 Å². The van der Waals surface area contributed by atoms with Crippen molar-refractivity contribution in [2.75, 3.05) is 0 Å². The SMILES string of the molecule is [C-]#[O+].[C-]#[O+].[C-]#[O+].[C-]#[O+].[Cr].[Fe].c1ccc(P(c2ccccc2)C2CCCC2)cc1.c1ccc(P(c2ccccc2)C2CCCC2)cc1. The van der Waals surface area contributed by atoms with Crippen molar-refractivity contribution < 1.29 is 53.0 Å². The van der Waals surface area contributed by atoms with E-state index in [0.29, 0.717) is 0 Å². The molecule has 0 atom stereocenters. The van der Waals surface area contributed by atoms with Gasteiger partial charge in [0.25, 0.3) is 0 Å². The van der Waals surface area contributed by atoms with Crippen LogP contribution in [-0.4, -0.2) is 11.3 Å². The number of rotatable bonds is 6. The van der Waals surface area contributed by atoms with Gasteiger partial charge in [-0.25, -0.2) is 0 Å². The molecule has 0 saturated heterocycles. The average molecular weight is 729 g/mol. The molecule has 238 valence electrons. The van der Waals surface area contributed by atoms with Crippen molar-refractivity contribution in [1.29, 1.82) is 0 Å². The Hall–Kier alpha value is -2.25. The van der Waals surface area contributed by atoms with Gasteiger partial charge in [0.05, 0.1) is 0 Å². The Bertz CT molecular complexity index is 1140. The molecule has 4 nitrogen and oxygen atoms in total. The van der Waals surface area contributed by atoms with Crippen LogP contribution in [0.15, 0.2) is 121 Å². The van der Waals surface area contributed by atoms with E-state index in [9.17, 15) is 0 Å². The van der Waals surface area contributed by atoms with Crippen LogP contribution in [0.5, 0.6) is 0 Å². The van der Waals surface area contributed by atoms with Gasteiger partial charge in [-0.2, -0.15) is 0 Å². The van der Waals surface area contributed by atoms with Crippen molar-refractivity contribution in [3.63, 3.8) is 0 Å². The van der Waals surface area contributed by atoms with Crippen LogP contribution in [0.4, 0.5) is 0 Å². The second kappa shape index (κ2) is 30.1. The molecule has 0 aliphatic heterocycles. The van der Waals surface area contributed by atoms with Gasteiger partial charge in [0.2, 0.25) is 0 Å². The van der Waals surface area contributed by atoms with Gasteiger partial charge in [0.15, 0.2) is 0 Å². The van der Waals surface area contributed by atoms with Crippen LogP contribution < -0.4 is 21.2 Å². The summed E-state index contributed by atoms with van der Waals surface area (Å²) in [5.74, 6) is 0. The zero-order valence-corrected chi connectivity index (χ0v) is 29.8. The van der Waals surface area contributed by atoms with E-state index < -0.39 is 0 Å². The van der Waals surface area contributed by atoms with Crippen LogP contribution in [0.2, 0.25) is 0 Å². The average Bonchev–Trinajstić information content (AvgIpc) is 3.87. The molecule has 2 saturated carbocycles. The zero-order valence-electron chi connectivity index (χ0n) is 25.6. The topological polar surface area (TPSA) is 79.6 Å². The summed E-state index contributed by atoms with van der Waals surface area (Å²) in [6, 6.07) is 44.5. The Balaban J connectivity index is 0. The maximum Gasteiger partial charge on any atom is 0 e. The molecule has 0 unspecified atom stereocenters. The maximum absolute atomic E-state index is 7.50. The third-order valence-corrected chi connectivity index (χ3v) is 13.4. The van der Waals surface area contributed by atoms with Crippen molar-refractivity contribution in [2.24, 2.45) is 0 Å². The van der Waals surface area contributed by atoms with E-state index in [0.717, 1.165) is 11.3 Å². The molecule has 2 aliphatic carbocycles. The quantitative estimate of drug-likeness (QED) is 0.0837. The van der Waals surface area contributed by atoms with Gasteiger partial charge in [-0.1, -0.05) is 147 Å². The van der Waals surface area contributed by atoms with Crippen LogP contribution in [0, 0.1) is 26.6 Å². The third-order valence-electron chi connectivity index (χ3n) is 7.52. The molecule has 0 heterocycles. The summed E-state index contributed by atoms with van der Waals surface area (Å²) in [5.41, 5.74) is 1.79. The first-order valence-electron chi connectivity index (χ1n) is 14.5. The van der Waals surface area contributed by atoms with E-state index in [4.69, 9.17) is 18.6 Å². The predicted molar refractivity (Wildman–Crippen MR) is 178 cm³/mol. The summed E-state index contributed by atoms with van der Waals surface area (Å²) >= 11 is 0. The predicted octanol–water partition coefficient (Wildman–Crippen LogP) is 7.97. The van der Waals surface area contributed by atoms with Crippen molar-refractivity contribution in [2.45, 2.75) is 62.7 Å². The fraction of sp³-hybridized carbons (Fsp3) is 0.263. The first-order valence-corrected chi connectivity index (χ1v) is 17.3. The summed E-state index contributed by atoms with van der Waals surface area (Å²) < 4.78 is 30.0. The third kappa shape index (κ3) is 15.1. The zero-order chi connectivity index (χ0) is 32.4. The molecule has 0 radical (unpaired) electrons. The monoisotopic (exact) mass is 728 g/mol. The minimum absolute atomic E-state index is 0. The fourth-order valence-electron chi connectivity index (χ4n) is 5.82. The molecule has 0 bridgehead atoms. The standard InChI is InChI=1S/2C17H19P.4CO.Cr.Fe/c2*1-3-9-15(10-4-1)18(17-13-7-8-14-17)16-11-5-2-6-12-16;4*1-2;;/h2*1-6,9-12,17H,7-8,13-14H2;;;;;;. The van der Waals surface area contributed by atoms with Gasteiger partial charge < -0.3 is 0 Å². The molecule has 8 heteroatoms. The molecule has 6 rings (SSSR count). The van der Waals surface area contributed by atoms with Crippen LogP contribution in [0.25, 0.3) is 0 Å². The van der Waals surface area contributed by atoms with Crippen molar-refractivity contribution in [3.8, 4) is 0 Å². The van der Waals surface area contributed by atoms with Crippen molar-refractivity contribution in [1.82, 2.24) is 0 Å². The van der Waals surface area contributed by atoms with E-state index in [1.54, 1.807) is 21.2 Å². The Morgan fingerprint density at radius 1 is 0.370 bits per heavy atom. The molecule has 2 fully saturated rings. The van der Waals surface area contributed by atoms with E-state index in [2.05, 4.69) is 148 Å². The van der Waals surface area contributed by atoms with E-state index in [1.807, 2.05) is 0 Å². The fourth-order valence-corrected chi connectivity index (χ4v) is 11.8. The molecule has 0 amide bonds. The largest absolute Gasteiger partial charge is 0.0622 e. The maximum atomic E-state index is 7.50. The molecule has 0 spiro atoms. The van der Waals surface area contributed by atoms with Gasteiger partial charge in [0, 0.05) is 34.4 Å². The van der Waals surface area contributed by atoms with Gasteiger partial charge in [-0.05, 0) is 74.1 Å². The molecular formula is C38H38CrFeO4P2. The molecule has 0 N–H and O–H groups in total. The number of hydrogen-bond donors (Lipinski definition) is 0. The molecule has 46 heavy (non-hydrogen) atoms. The van der Waals surface area contributed by atoms with E-state index in [1.165, 1.54) is 51.4 Å². The Morgan fingerprint density at radius 3 is 0.717 bits per heavy atom. The summed E-state index contributed by atoms with van der Waals surface area (Å²) in [7, 11) is -0.304. The van der Waals surface area contributed by atoms with Gasteiger partial charge >= 0.3 is 45.2 Å². The Morgan fingerprint density at radius 2 is 0.543 bits per heavy atom. The Kier molecular flexibility index (Phi) is 30.0. The molecule has 2 aliphatic rings. The van der Waals surface area contributed by atoms with E-state index >= 15 is 0 Å². The van der Waals surface area contributed by atoms with Crippen LogP contribution in [-0.2, 0) is 53.0 Å². The Labute approximate surface area is 299 Å². The normalized spacial score (nSPS) is 12.9. The summed E-state index contributed by atoms with van der Waals surface area (Å²) in [5, 5.41) is 6.19. The second-order valence-electron chi connectivity index (χ2n) is 9.96. The first-order chi connectivity index (χ1) is 21.9. The number of hydrogen-bond acceptors (Lipinski definition) is 0. The summed E-state index contributed by atoms with van der Waals surface area (Å²) in [6.45, 7) is 18.0. The minimum atomic E-state index is -0.152. The van der Waals surface area contributed by atoms with Gasteiger partial charge in [-0.3, -0.25) is 0 Å². The first kappa shape index (κ1) is 45.9. The van der Waals surface area contributed by atoms with Crippen molar-refractivity contribution in [3.05, 3.63) is 148 Å². The van der Waals surface area contributed by atoms with Crippen LogP contribution in [0.3, 0.4) is 0 Å². The van der Waals surface area contributed by atoms with Crippen molar-refractivity contribution >= 4 is 37.1 Å².